The highest BCUT2D eigenvalue weighted by atomic mass is 15.5. The van der Waals surface area contributed by atoms with Crippen LogP contribution in [0.15, 0.2) is 24.3 Å². The number of nitrogens with zero attached hydrogens (tertiary/aromatic N) is 3. The van der Waals surface area contributed by atoms with Crippen LogP contribution in [-0.4, -0.2) is 15.0 Å². The van der Waals surface area contributed by atoms with E-state index in [9.17, 15) is 0 Å². The molecule has 0 bridgehead atoms. The van der Waals surface area contributed by atoms with Gasteiger partial charge in [0, 0.05) is 0 Å². The minimum atomic E-state index is -0.0426. The average Bonchev–Trinajstić information content (AvgIpc) is 2.45. The van der Waals surface area contributed by atoms with Gasteiger partial charge in [-0.1, -0.05) is 19.6 Å². The first-order valence-electron chi connectivity index (χ1n) is 4.40. The minimum Gasteiger partial charge on any atom is -0.178 e. The lowest BCUT2D eigenvalue weighted by Gasteiger charge is -2.16. The molecule has 3 nitrogen and oxygen atoms in total. The zero-order valence-corrected chi connectivity index (χ0v) is 8.15. The average molecular weight is 191 g/mol. The molecule has 0 radical (unpaired) electrons. The third kappa shape index (κ3) is 1.76. The van der Waals surface area contributed by atoms with Crippen LogP contribution in [0.5, 0.6) is 0 Å². The Bertz CT molecular complexity index is 390. The number of aromatic nitrogens is 3. The fraction of sp³-hybridized carbons (Fsp3) is 0.455. The van der Waals surface area contributed by atoms with Crippen LogP contribution in [0.25, 0.3) is 11.0 Å². The molecule has 0 atom stereocenters. The van der Waals surface area contributed by atoms with Gasteiger partial charge in [0.15, 0.2) is 0 Å². The molecule has 0 fully saturated rings. The monoisotopic (exact) mass is 191 g/mol. The molecule has 0 amide bonds. The molecule has 1 aromatic heterocycles. The summed E-state index contributed by atoms with van der Waals surface area (Å²) in [6, 6.07) is 7.91. The van der Waals surface area contributed by atoms with Gasteiger partial charge in [0.2, 0.25) is 0 Å². The van der Waals surface area contributed by atoms with Crippen molar-refractivity contribution >= 4 is 11.0 Å². The molecular formula is C11H17N3. The Kier molecular flexibility index (Phi) is 2.60. The Labute approximate surface area is 84.7 Å². The summed E-state index contributed by atoms with van der Waals surface area (Å²) in [5.74, 6) is 0. The quantitative estimate of drug-likeness (QED) is 0.641. The Morgan fingerprint density at radius 2 is 1.43 bits per heavy atom. The summed E-state index contributed by atoms with van der Waals surface area (Å²) in [7, 11) is 0. The molecule has 0 unspecified atom stereocenters. The molecule has 0 aliphatic rings. The summed E-state index contributed by atoms with van der Waals surface area (Å²) in [4.78, 5) is 1.76. The van der Waals surface area contributed by atoms with Gasteiger partial charge in [-0.3, -0.25) is 0 Å². The van der Waals surface area contributed by atoms with E-state index in [1.807, 2.05) is 24.3 Å². The van der Waals surface area contributed by atoms with Gasteiger partial charge >= 0.3 is 0 Å². The smallest absolute Gasteiger partial charge is 0.113 e. The second kappa shape index (κ2) is 3.40. The highest BCUT2D eigenvalue weighted by molar-refractivity contribution is 5.73. The van der Waals surface area contributed by atoms with Gasteiger partial charge in [0.1, 0.15) is 11.0 Å². The highest BCUT2D eigenvalue weighted by Gasteiger charge is 2.15. The maximum Gasteiger partial charge on any atom is 0.113 e. The molecular weight excluding hydrogens is 174 g/mol. The summed E-state index contributed by atoms with van der Waals surface area (Å²) in [6.07, 6.45) is 0. The van der Waals surface area contributed by atoms with Gasteiger partial charge in [-0.2, -0.15) is 15.0 Å². The molecule has 1 heterocycles. The van der Waals surface area contributed by atoms with Gasteiger partial charge in [-0.05, 0) is 32.9 Å². The molecule has 14 heavy (non-hydrogen) atoms. The van der Waals surface area contributed by atoms with Crippen molar-refractivity contribution in [2.75, 3.05) is 0 Å². The van der Waals surface area contributed by atoms with Crippen LogP contribution in [0.1, 0.15) is 28.2 Å². The van der Waals surface area contributed by atoms with Crippen LogP contribution in [-0.2, 0) is 5.54 Å². The van der Waals surface area contributed by atoms with E-state index < -0.39 is 0 Å². The molecule has 3 heteroatoms. The van der Waals surface area contributed by atoms with Crippen molar-refractivity contribution in [3.05, 3.63) is 24.3 Å². The molecule has 0 aliphatic heterocycles. The SMILES string of the molecule is C.CC(C)(C)n1nc2ccccc2n1. The first kappa shape index (κ1) is 10.7. The van der Waals surface area contributed by atoms with Gasteiger partial charge in [0.05, 0.1) is 5.54 Å². The van der Waals surface area contributed by atoms with Crippen molar-refractivity contribution in [1.82, 2.24) is 15.0 Å². The fourth-order valence-electron chi connectivity index (χ4n) is 1.16. The minimum absolute atomic E-state index is 0. The van der Waals surface area contributed by atoms with Crippen LogP contribution in [0, 0.1) is 0 Å². The normalized spacial score (nSPS) is 11.4. The van der Waals surface area contributed by atoms with Crippen LogP contribution < -0.4 is 0 Å². The van der Waals surface area contributed by atoms with Gasteiger partial charge in [-0.15, -0.1) is 0 Å². The Hall–Kier alpha value is -1.38. The van der Waals surface area contributed by atoms with Crippen LogP contribution >= 0.6 is 0 Å². The van der Waals surface area contributed by atoms with Crippen LogP contribution in [0.4, 0.5) is 0 Å². The lowest BCUT2D eigenvalue weighted by atomic mass is 10.1. The van der Waals surface area contributed by atoms with Crippen molar-refractivity contribution < 1.29 is 0 Å². The van der Waals surface area contributed by atoms with E-state index in [0.717, 1.165) is 11.0 Å². The number of fused-ring (bicyclic) bond motifs is 1. The maximum atomic E-state index is 4.39. The van der Waals surface area contributed by atoms with E-state index in [4.69, 9.17) is 0 Å². The lowest BCUT2D eigenvalue weighted by Crippen LogP contribution is -2.24. The zero-order chi connectivity index (χ0) is 9.47. The maximum absolute atomic E-state index is 4.39. The summed E-state index contributed by atoms with van der Waals surface area (Å²) >= 11 is 0. The van der Waals surface area contributed by atoms with Crippen molar-refractivity contribution in [2.24, 2.45) is 0 Å². The molecule has 2 aromatic rings. The molecule has 76 valence electrons. The van der Waals surface area contributed by atoms with E-state index >= 15 is 0 Å². The molecule has 0 saturated carbocycles. The van der Waals surface area contributed by atoms with E-state index in [0.29, 0.717) is 0 Å². The highest BCUT2D eigenvalue weighted by Crippen LogP contribution is 2.14. The fourth-order valence-corrected chi connectivity index (χ4v) is 1.16. The second-order valence-electron chi connectivity index (χ2n) is 4.15. The van der Waals surface area contributed by atoms with E-state index in [2.05, 4.69) is 31.0 Å². The number of benzene rings is 1. The lowest BCUT2D eigenvalue weighted by molar-refractivity contribution is 0.316. The largest absolute Gasteiger partial charge is 0.178 e. The van der Waals surface area contributed by atoms with Crippen molar-refractivity contribution in [2.45, 2.75) is 33.7 Å². The molecule has 0 aliphatic carbocycles. The third-order valence-electron chi connectivity index (χ3n) is 1.89. The summed E-state index contributed by atoms with van der Waals surface area (Å²) in [5.41, 5.74) is 1.87. The molecule has 0 spiro atoms. The predicted molar refractivity (Wildman–Crippen MR) is 59.3 cm³/mol. The molecule has 2 rings (SSSR count). The Morgan fingerprint density at radius 3 is 1.79 bits per heavy atom. The van der Waals surface area contributed by atoms with Gasteiger partial charge in [-0.25, -0.2) is 0 Å². The molecule has 1 aromatic carbocycles. The van der Waals surface area contributed by atoms with E-state index in [1.54, 1.807) is 4.80 Å². The van der Waals surface area contributed by atoms with Crippen molar-refractivity contribution in [3.63, 3.8) is 0 Å². The first-order chi connectivity index (χ1) is 6.07. The second-order valence-corrected chi connectivity index (χ2v) is 4.15. The summed E-state index contributed by atoms with van der Waals surface area (Å²) in [5, 5.41) is 8.78. The van der Waals surface area contributed by atoms with Gasteiger partial charge in [0.25, 0.3) is 0 Å². The van der Waals surface area contributed by atoms with Crippen molar-refractivity contribution in [3.8, 4) is 0 Å². The number of rotatable bonds is 0. The number of hydrogen-bond acceptors (Lipinski definition) is 2. The Balaban J connectivity index is 0.000000980. The van der Waals surface area contributed by atoms with Crippen LogP contribution in [0.3, 0.4) is 0 Å². The summed E-state index contributed by atoms with van der Waals surface area (Å²) in [6.45, 7) is 6.27. The Morgan fingerprint density at radius 1 is 1.00 bits per heavy atom. The summed E-state index contributed by atoms with van der Waals surface area (Å²) < 4.78 is 0. The number of hydrogen-bond donors (Lipinski definition) is 0. The standard InChI is InChI=1S/C10H13N3.CH4/c1-10(2,3)13-11-8-6-4-5-7-9(8)12-13;/h4-7H,1-3H3;1H4. The van der Waals surface area contributed by atoms with Crippen LogP contribution in [0.2, 0.25) is 0 Å². The molecule has 0 N–H and O–H groups in total. The van der Waals surface area contributed by atoms with Gasteiger partial charge < -0.3 is 0 Å². The third-order valence-corrected chi connectivity index (χ3v) is 1.89. The zero-order valence-electron chi connectivity index (χ0n) is 8.15. The first-order valence-corrected chi connectivity index (χ1v) is 4.40. The van der Waals surface area contributed by atoms with E-state index in [-0.39, 0.29) is 13.0 Å². The van der Waals surface area contributed by atoms with Crippen molar-refractivity contribution in [1.29, 1.82) is 0 Å². The topological polar surface area (TPSA) is 30.7 Å². The molecule has 0 saturated heterocycles. The predicted octanol–water partition coefficient (Wildman–Crippen LogP) is 2.82. The van der Waals surface area contributed by atoms with E-state index in [1.165, 1.54) is 0 Å².